The van der Waals surface area contributed by atoms with Gasteiger partial charge in [0, 0.05) is 49.4 Å². The minimum Gasteiger partial charge on any atom is -0.481 e. The van der Waals surface area contributed by atoms with Crippen molar-refractivity contribution in [1.29, 1.82) is 0 Å². The lowest BCUT2D eigenvalue weighted by Gasteiger charge is -2.68. The summed E-state index contributed by atoms with van der Waals surface area (Å²) in [6.07, 6.45) is -13.2. The van der Waals surface area contributed by atoms with Crippen molar-refractivity contribution in [3.63, 3.8) is 0 Å². The van der Waals surface area contributed by atoms with Crippen molar-refractivity contribution >= 4 is 47.5 Å². The van der Waals surface area contributed by atoms with Crippen LogP contribution in [0.3, 0.4) is 0 Å². The third-order valence-electron chi connectivity index (χ3n) is 14.6. The molecule has 2 bridgehead atoms. The molecule has 0 spiro atoms. The van der Waals surface area contributed by atoms with Crippen LogP contribution in [0.25, 0.3) is 0 Å². The highest BCUT2D eigenvalue weighted by atomic mass is 16.6. The molecule has 11 atom stereocenters. The number of esters is 3. The fraction of sp³-hybridized carbons (Fsp3) is 0.542. The Morgan fingerprint density at radius 2 is 1.40 bits per heavy atom. The lowest BCUT2D eigenvalue weighted by molar-refractivity contribution is -0.332. The largest absolute Gasteiger partial charge is 0.481 e. The van der Waals surface area contributed by atoms with Gasteiger partial charge in [-0.3, -0.25) is 33.6 Å². The number of benzene rings is 2. The highest BCUT2D eigenvalue weighted by Crippen LogP contribution is 2.68. The van der Waals surface area contributed by atoms with Gasteiger partial charge in [-0.25, -0.2) is 4.79 Å². The monoisotopic (exact) mass is 935 g/mol. The molecule has 19 nitrogen and oxygen atoms in total. The standard InChI is InChI=1S/C48H57NO18/c1-24-29(65-43(62)40(38(49-25(2)50)28-15-11-8-12-16-28)66-35(59)22-46(19-32(53)54,20-33(55)56)21-34(57)58)18-48(63)37(27-13-9-7-10-14-27)41-45(6,42(61)39(60)36(24)44(48,4)5)30(52)17-31-47(41,23-64-31)67-26(3)51/h7-16,29-31,37-41,52,60,63H,17-23H2,1-6H3,(H,49,50)(H,53,54)(H,55,56)(H,57,58)/t29-,30-,31?,37-,38-,39+,40+,41?,45?,47-,48+/m0/s1. The van der Waals surface area contributed by atoms with E-state index < -0.39 is 155 Å². The Bertz CT molecular complexity index is 2310. The number of ether oxygens (including phenoxy) is 4. The molecule has 19 heteroatoms. The molecular weight excluding hydrogens is 879 g/mol. The quantitative estimate of drug-likeness (QED) is 0.0723. The van der Waals surface area contributed by atoms with Gasteiger partial charge < -0.3 is 54.9 Å². The second-order valence-corrected chi connectivity index (χ2v) is 19.2. The van der Waals surface area contributed by atoms with Gasteiger partial charge in [-0.05, 0) is 36.1 Å². The number of carbonyl (C=O) groups is 8. The van der Waals surface area contributed by atoms with Crippen LogP contribution in [0, 0.1) is 22.2 Å². The Morgan fingerprint density at radius 1 is 0.851 bits per heavy atom. The molecule has 3 unspecified atom stereocenters. The summed E-state index contributed by atoms with van der Waals surface area (Å²) in [5, 5.41) is 69.8. The normalized spacial score (nSPS) is 30.6. The first-order valence-corrected chi connectivity index (χ1v) is 21.8. The van der Waals surface area contributed by atoms with Crippen LogP contribution < -0.4 is 5.32 Å². The first-order valence-electron chi connectivity index (χ1n) is 21.8. The third-order valence-corrected chi connectivity index (χ3v) is 14.6. The number of aliphatic hydroxyl groups is 3. The molecule has 7 N–H and O–H groups in total. The fourth-order valence-electron chi connectivity index (χ4n) is 11.6. The second-order valence-electron chi connectivity index (χ2n) is 19.2. The van der Waals surface area contributed by atoms with Crippen molar-refractivity contribution in [1.82, 2.24) is 5.32 Å². The average Bonchev–Trinajstić information content (AvgIpc) is 3.22. The zero-order valence-electron chi connectivity index (χ0n) is 37.9. The number of carboxylic acid groups (broad SMARTS) is 3. The number of fused-ring (bicyclic) bond motifs is 5. The Morgan fingerprint density at radius 3 is 1.90 bits per heavy atom. The van der Waals surface area contributed by atoms with E-state index in [4.69, 9.17) is 18.9 Å². The number of aliphatic carboxylic acids is 3. The molecule has 1 aliphatic heterocycles. The highest BCUT2D eigenvalue weighted by Gasteiger charge is 2.77. The number of carboxylic acids is 3. The van der Waals surface area contributed by atoms with Crippen molar-refractivity contribution in [2.24, 2.45) is 22.2 Å². The van der Waals surface area contributed by atoms with Crippen LogP contribution in [0.2, 0.25) is 0 Å². The van der Waals surface area contributed by atoms with Gasteiger partial charge in [-0.2, -0.15) is 0 Å². The third kappa shape index (κ3) is 9.08. The molecular formula is C48H57NO18. The minimum atomic E-state index is -2.25. The summed E-state index contributed by atoms with van der Waals surface area (Å²) in [5.41, 5.74) is -8.81. The summed E-state index contributed by atoms with van der Waals surface area (Å²) >= 11 is 0. The Kier molecular flexibility index (Phi) is 14.0. The Labute approximate surface area is 385 Å². The summed E-state index contributed by atoms with van der Waals surface area (Å²) in [7, 11) is 0. The molecule has 2 aromatic rings. The second kappa shape index (κ2) is 18.6. The molecule has 6 rings (SSSR count). The molecule has 362 valence electrons. The molecule has 1 amide bonds. The van der Waals surface area contributed by atoms with E-state index >= 15 is 4.79 Å². The van der Waals surface area contributed by atoms with E-state index in [2.05, 4.69) is 5.32 Å². The first kappa shape index (κ1) is 50.4. The zero-order chi connectivity index (χ0) is 49.6. The smallest absolute Gasteiger partial charge is 0.350 e. The van der Waals surface area contributed by atoms with Gasteiger partial charge in [0.2, 0.25) is 12.0 Å². The number of hydrogen-bond acceptors (Lipinski definition) is 15. The van der Waals surface area contributed by atoms with Crippen molar-refractivity contribution in [2.75, 3.05) is 6.61 Å². The van der Waals surface area contributed by atoms with Gasteiger partial charge in [0.1, 0.15) is 24.4 Å². The van der Waals surface area contributed by atoms with E-state index in [9.17, 15) is 64.2 Å². The highest BCUT2D eigenvalue weighted by molar-refractivity contribution is 5.94. The van der Waals surface area contributed by atoms with E-state index in [-0.39, 0.29) is 29.7 Å². The maximum Gasteiger partial charge on any atom is 0.350 e. The maximum atomic E-state index is 15.2. The molecule has 1 heterocycles. The minimum absolute atomic E-state index is 0.0545. The summed E-state index contributed by atoms with van der Waals surface area (Å²) in [4.78, 5) is 106. The van der Waals surface area contributed by atoms with Crippen LogP contribution in [0.1, 0.15) is 103 Å². The number of ketones is 1. The summed E-state index contributed by atoms with van der Waals surface area (Å²) < 4.78 is 24.0. The molecule has 2 saturated carbocycles. The predicted molar refractivity (Wildman–Crippen MR) is 229 cm³/mol. The maximum absolute atomic E-state index is 15.2. The lowest BCUT2D eigenvalue weighted by atomic mass is 9.41. The molecule has 3 aliphatic carbocycles. The number of Topliss-reactive ketones (excluding diaryl/α,β-unsaturated/α-hetero) is 1. The molecule has 67 heavy (non-hydrogen) atoms. The lowest BCUT2D eigenvalue weighted by Crippen LogP contribution is -2.79. The first-order chi connectivity index (χ1) is 31.2. The number of carbonyl (C=O) groups excluding carboxylic acids is 5. The molecule has 1 saturated heterocycles. The van der Waals surface area contributed by atoms with Gasteiger partial charge in [-0.1, -0.05) is 74.5 Å². The number of amides is 1. The van der Waals surface area contributed by atoms with Crippen molar-refractivity contribution < 1.29 is 87.9 Å². The molecule has 3 fully saturated rings. The van der Waals surface area contributed by atoms with Crippen LogP contribution in [0.4, 0.5) is 0 Å². The van der Waals surface area contributed by atoms with Crippen LogP contribution in [0.15, 0.2) is 71.8 Å². The van der Waals surface area contributed by atoms with Crippen LogP contribution >= 0.6 is 0 Å². The topological polar surface area (TPSA) is 307 Å². The van der Waals surface area contributed by atoms with Crippen molar-refractivity contribution in [2.45, 2.75) is 134 Å². The van der Waals surface area contributed by atoms with Gasteiger partial charge >= 0.3 is 35.8 Å². The number of hydrogen-bond donors (Lipinski definition) is 7. The molecule has 4 aliphatic rings. The summed E-state index contributed by atoms with van der Waals surface area (Å²) in [5.74, 6) is -12.5. The number of rotatable bonds is 16. The van der Waals surface area contributed by atoms with E-state index in [0.717, 1.165) is 6.92 Å². The Balaban J connectivity index is 1.52. The molecule has 0 radical (unpaired) electrons. The van der Waals surface area contributed by atoms with Crippen LogP contribution in [-0.2, 0) is 57.3 Å². The van der Waals surface area contributed by atoms with E-state index in [1.54, 1.807) is 62.4 Å². The average molecular weight is 936 g/mol. The Hall–Kier alpha value is -6.02. The summed E-state index contributed by atoms with van der Waals surface area (Å²) in [6, 6.07) is 14.6. The molecule has 0 aromatic heterocycles. The SMILES string of the molecule is CC(=O)N[C@@H](c1ccccc1)[C@@H](OC(=O)CC(CC(=O)O)(CC(=O)O)CC(=O)O)C(=O)O[C@H]1C[C@@]2(O)[C@@H](c3ccccc3)C3C(C)(C(=O)[C@H](O)C(=C1C)C2(C)C)[C@@H](O)CC1OC[C@]13OC(C)=O. The van der Waals surface area contributed by atoms with Crippen molar-refractivity contribution in [3.8, 4) is 0 Å². The fourth-order valence-corrected chi connectivity index (χ4v) is 11.6. The van der Waals surface area contributed by atoms with Gasteiger partial charge in [-0.15, -0.1) is 0 Å². The molecule has 2 aromatic carbocycles. The number of nitrogens with one attached hydrogen (secondary N) is 1. The zero-order valence-corrected chi connectivity index (χ0v) is 37.9. The van der Waals surface area contributed by atoms with E-state index in [1.165, 1.54) is 32.9 Å². The van der Waals surface area contributed by atoms with Gasteiger partial charge in [0.25, 0.3) is 0 Å². The van der Waals surface area contributed by atoms with E-state index in [0.29, 0.717) is 5.56 Å². The van der Waals surface area contributed by atoms with Crippen LogP contribution in [0.5, 0.6) is 0 Å². The number of aliphatic hydroxyl groups excluding tert-OH is 2. The van der Waals surface area contributed by atoms with Crippen LogP contribution in [-0.4, -0.2) is 126 Å². The summed E-state index contributed by atoms with van der Waals surface area (Å²) in [6.45, 7) is 8.22. The van der Waals surface area contributed by atoms with Crippen molar-refractivity contribution in [3.05, 3.63) is 82.9 Å². The predicted octanol–water partition coefficient (Wildman–Crippen LogP) is 2.78. The van der Waals surface area contributed by atoms with Gasteiger partial charge in [0.15, 0.2) is 11.4 Å². The van der Waals surface area contributed by atoms with Gasteiger partial charge in [0.05, 0.1) is 49.4 Å². The van der Waals surface area contributed by atoms with E-state index in [1.807, 2.05) is 0 Å².